The minimum atomic E-state index is -0.0832. The fourth-order valence-corrected chi connectivity index (χ4v) is 3.34. The molecule has 2 heterocycles. The zero-order chi connectivity index (χ0) is 12.3. The summed E-state index contributed by atoms with van der Waals surface area (Å²) in [6.07, 6.45) is 0. The van der Waals surface area contributed by atoms with E-state index < -0.39 is 0 Å². The van der Waals surface area contributed by atoms with E-state index in [1.54, 1.807) is 0 Å². The van der Waals surface area contributed by atoms with Crippen LogP contribution in [0.2, 0.25) is 0 Å². The molecule has 0 spiro atoms. The van der Waals surface area contributed by atoms with Gasteiger partial charge < -0.3 is 10.6 Å². The van der Waals surface area contributed by atoms with Gasteiger partial charge in [-0.15, -0.1) is 11.3 Å². The van der Waals surface area contributed by atoms with Gasteiger partial charge in [0.05, 0.1) is 11.7 Å². The summed E-state index contributed by atoms with van der Waals surface area (Å²) in [5.41, 5.74) is 1.04. The molecule has 1 saturated heterocycles. The van der Waals surface area contributed by atoms with Gasteiger partial charge in [0, 0.05) is 23.4 Å². The quantitative estimate of drug-likeness (QED) is 0.882. The van der Waals surface area contributed by atoms with Crippen molar-refractivity contribution in [2.45, 2.75) is 25.8 Å². The molecule has 1 amide bonds. The third-order valence-corrected chi connectivity index (χ3v) is 4.42. The van der Waals surface area contributed by atoms with Gasteiger partial charge in [0.1, 0.15) is 0 Å². The second-order valence-electron chi connectivity index (χ2n) is 4.30. The molecule has 17 heavy (non-hydrogen) atoms. The molecule has 2 N–H and O–H groups in total. The maximum Gasteiger partial charge on any atom is 0.244 e. The van der Waals surface area contributed by atoms with Gasteiger partial charge in [0.2, 0.25) is 5.91 Å². The number of thioether (sulfide) groups is 1. The van der Waals surface area contributed by atoms with E-state index in [4.69, 9.17) is 0 Å². The Morgan fingerprint density at radius 3 is 3.06 bits per heavy atom. The number of thiazole rings is 1. The van der Waals surface area contributed by atoms with Gasteiger partial charge in [0.15, 0.2) is 5.13 Å². The van der Waals surface area contributed by atoms with Crippen LogP contribution in [0.15, 0.2) is 5.38 Å². The molecule has 1 fully saturated rings. The molecule has 4 nitrogen and oxygen atoms in total. The number of carbonyl (C=O) groups excluding carboxylic acids is 1. The monoisotopic (exact) mass is 271 g/mol. The number of nitrogens with zero attached hydrogens (tertiary/aromatic N) is 1. The van der Waals surface area contributed by atoms with Gasteiger partial charge in [-0.05, 0) is 5.92 Å². The van der Waals surface area contributed by atoms with Gasteiger partial charge in [-0.2, -0.15) is 11.8 Å². The number of rotatable bonds is 3. The highest BCUT2D eigenvalue weighted by Gasteiger charge is 2.21. The minimum Gasteiger partial charge on any atom is -0.304 e. The molecule has 1 atom stereocenters. The van der Waals surface area contributed by atoms with Crippen molar-refractivity contribution in [2.75, 3.05) is 23.4 Å². The molecule has 0 aliphatic carbocycles. The number of nitrogens with one attached hydrogen (secondary N) is 2. The van der Waals surface area contributed by atoms with Crippen LogP contribution >= 0.6 is 23.1 Å². The summed E-state index contributed by atoms with van der Waals surface area (Å²) in [5.74, 6) is 2.36. The van der Waals surface area contributed by atoms with E-state index in [0.29, 0.717) is 11.0 Å². The first-order valence-electron chi connectivity index (χ1n) is 5.74. The average Bonchev–Trinajstić information content (AvgIpc) is 2.79. The van der Waals surface area contributed by atoms with E-state index in [-0.39, 0.29) is 11.9 Å². The maximum absolute atomic E-state index is 11.9. The first kappa shape index (κ1) is 12.9. The van der Waals surface area contributed by atoms with Crippen molar-refractivity contribution in [1.29, 1.82) is 0 Å². The van der Waals surface area contributed by atoms with Gasteiger partial charge in [-0.25, -0.2) is 4.98 Å². The van der Waals surface area contributed by atoms with Crippen molar-refractivity contribution >= 4 is 34.1 Å². The fourth-order valence-electron chi connectivity index (χ4n) is 1.54. The van der Waals surface area contributed by atoms with Crippen LogP contribution in [0.25, 0.3) is 0 Å². The molecule has 2 rings (SSSR count). The summed E-state index contributed by atoms with van der Waals surface area (Å²) in [4.78, 5) is 16.3. The smallest absolute Gasteiger partial charge is 0.244 e. The van der Waals surface area contributed by atoms with Crippen molar-refractivity contribution < 1.29 is 4.79 Å². The van der Waals surface area contributed by atoms with Crippen molar-refractivity contribution in [3.63, 3.8) is 0 Å². The topological polar surface area (TPSA) is 54.0 Å². The number of hydrogen-bond acceptors (Lipinski definition) is 5. The average molecular weight is 271 g/mol. The van der Waals surface area contributed by atoms with Crippen LogP contribution in [-0.4, -0.2) is 35.0 Å². The number of anilines is 1. The first-order valence-corrected chi connectivity index (χ1v) is 7.77. The zero-order valence-corrected chi connectivity index (χ0v) is 11.7. The Labute approximate surface area is 110 Å². The molecule has 0 radical (unpaired) electrons. The second kappa shape index (κ2) is 5.84. The standard InChI is InChI=1S/C11H17N3OS2/c1-7(2)8-6-17-11(13-8)14-10(15)9-5-16-4-3-12-9/h6-7,9,12H,3-5H2,1-2H3,(H,13,14,15). The Balaban J connectivity index is 1.92. The van der Waals surface area contributed by atoms with E-state index in [1.807, 2.05) is 17.1 Å². The van der Waals surface area contributed by atoms with Gasteiger partial charge >= 0.3 is 0 Å². The van der Waals surface area contributed by atoms with Crippen molar-refractivity contribution in [3.05, 3.63) is 11.1 Å². The Bertz CT molecular complexity index is 386. The Morgan fingerprint density at radius 2 is 2.47 bits per heavy atom. The van der Waals surface area contributed by atoms with E-state index in [2.05, 4.69) is 29.5 Å². The lowest BCUT2D eigenvalue weighted by Crippen LogP contribution is -2.46. The molecule has 0 aromatic carbocycles. The first-order chi connectivity index (χ1) is 8.16. The minimum absolute atomic E-state index is 0.0295. The predicted octanol–water partition coefficient (Wildman–Crippen LogP) is 1.91. The molecule has 6 heteroatoms. The van der Waals surface area contributed by atoms with E-state index in [1.165, 1.54) is 11.3 Å². The van der Waals surface area contributed by atoms with Crippen LogP contribution < -0.4 is 10.6 Å². The summed E-state index contributed by atoms with van der Waals surface area (Å²) >= 11 is 3.30. The van der Waals surface area contributed by atoms with Crippen molar-refractivity contribution in [3.8, 4) is 0 Å². The van der Waals surface area contributed by atoms with E-state index in [0.717, 1.165) is 23.7 Å². The SMILES string of the molecule is CC(C)c1csc(NC(=O)C2CSCCN2)n1. The lowest BCUT2D eigenvalue weighted by molar-refractivity contribution is -0.117. The summed E-state index contributed by atoms with van der Waals surface area (Å²) in [6, 6.07) is -0.0832. The van der Waals surface area contributed by atoms with Gasteiger partial charge in [-0.1, -0.05) is 13.8 Å². The van der Waals surface area contributed by atoms with Crippen LogP contribution in [0.1, 0.15) is 25.5 Å². The Hall–Kier alpha value is -0.590. The molecule has 0 saturated carbocycles. The third-order valence-electron chi connectivity index (χ3n) is 2.58. The number of carbonyl (C=O) groups is 1. The predicted molar refractivity (Wildman–Crippen MR) is 73.9 cm³/mol. The maximum atomic E-state index is 11.9. The van der Waals surface area contributed by atoms with Crippen molar-refractivity contribution in [1.82, 2.24) is 10.3 Å². The fraction of sp³-hybridized carbons (Fsp3) is 0.636. The lowest BCUT2D eigenvalue weighted by atomic mass is 10.2. The van der Waals surface area contributed by atoms with Crippen molar-refractivity contribution in [2.24, 2.45) is 0 Å². The Kier molecular flexibility index (Phi) is 4.42. The van der Waals surface area contributed by atoms with E-state index >= 15 is 0 Å². The second-order valence-corrected chi connectivity index (χ2v) is 6.31. The van der Waals surface area contributed by atoms with Gasteiger partial charge in [-0.3, -0.25) is 4.79 Å². The lowest BCUT2D eigenvalue weighted by Gasteiger charge is -2.21. The van der Waals surface area contributed by atoms with E-state index in [9.17, 15) is 4.79 Å². The number of amides is 1. The molecule has 1 aliphatic heterocycles. The number of hydrogen-bond donors (Lipinski definition) is 2. The van der Waals surface area contributed by atoms with Crippen LogP contribution in [0.4, 0.5) is 5.13 Å². The van der Waals surface area contributed by atoms with Crippen LogP contribution in [-0.2, 0) is 4.79 Å². The highest BCUT2D eigenvalue weighted by Crippen LogP contribution is 2.21. The highest BCUT2D eigenvalue weighted by molar-refractivity contribution is 7.99. The zero-order valence-electron chi connectivity index (χ0n) is 10.0. The van der Waals surface area contributed by atoms with Crippen LogP contribution in [0.5, 0.6) is 0 Å². The normalized spacial score (nSPS) is 20.5. The van der Waals surface area contributed by atoms with Gasteiger partial charge in [0.25, 0.3) is 0 Å². The molecule has 1 aromatic rings. The molecule has 94 valence electrons. The number of aromatic nitrogens is 1. The molecule has 0 bridgehead atoms. The van der Waals surface area contributed by atoms with Crippen LogP contribution in [0.3, 0.4) is 0 Å². The summed E-state index contributed by atoms with van der Waals surface area (Å²) in [5, 5.41) is 8.80. The molecule has 1 unspecified atom stereocenters. The Morgan fingerprint density at radius 1 is 1.65 bits per heavy atom. The third kappa shape index (κ3) is 3.43. The summed E-state index contributed by atoms with van der Waals surface area (Å²) in [6.45, 7) is 5.10. The molecular formula is C11H17N3OS2. The van der Waals surface area contributed by atoms with Crippen LogP contribution in [0, 0.1) is 0 Å². The molecule has 1 aromatic heterocycles. The summed E-state index contributed by atoms with van der Waals surface area (Å²) in [7, 11) is 0. The molecular weight excluding hydrogens is 254 g/mol. The summed E-state index contributed by atoms with van der Waals surface area (Å²) < 4.78 is 0. The molecule has 1 aliphatic rings. The largest absolute Gasteiger partial charge is 0.304 e. The highest BCUT2D eigenvalue weighted by atomic mass is 32.2.